The molecule has 2 aromatic carbocycles. The highest BCUT2D eigenvalue weighted by atomic mass is 16.5. The normalized spacial score (nSPS) is 10.1. The van der Waals surface area contributed by atoms with E-state index >= 15 is 0 Å². The molecular formula is C17H17NO4. The first-order valence-corrected chi connectivity index (χ1v) is 6.76. The SMILES string of the molecule is COc1cc(CNC(=O)c2cccc(C)c2)ccc1C(=O)O. The number of methoxy groups -OCH3 is 1. The molecule has 5 heteroatoms. The quantitative estimate of drug-likeness (QED) is 0.890. The van der Waals surface area contributed by atoms with Gasteiger partial charge in [-0.2, -0.15) is 0 Å². The Morgan fingerprint density at radius 3 is 2.59 bits per heavy atom. The summed E-state index contributed by atoms with van der Waals surface area (Å²) in [5.74, 6) is -0.952. The van der Waals surface area contributed by atoms with Crippen molar-refractivity contribution in [3.63, 3.8) is 0 Å². The molecule has 0 aliphatic rings. The molecule has 114 valence electrons. The van der Waals surface area contributed by atoms with Crippen molar-refractivity contribution in [3.05, 3.63) is 64.7 Å². The van der Waals surface area contributed by atoms with Crippen LogP contribution in [0.3, 0.4) is 0 Å². The second-order valence-electron chi connectivity index (χ2n) is 4.89. The Kier molecular flexibility index (Phi) is 4.78. The highest BCUT2D eigenvalue weighted by Crippen LogP contribution is 2.20. The van der Waals surface area contributed by atoms with Gasteiger partial charge in [0.25, 0.3) is 5.91 Å². The first-order chi connectivity index (χ1) is 10.5. The fourth-order valence-corrected chi connectivity index (χ4v) is 2.09. The summed E-state index contributed by atoms with van der Waals surface area (Å²) in [5, 5.41) is 11.8. The van der Waals surface area contributed by atoms with Crippen molar-refractivity contribution >= 4 is 11.9 Å². The minimum Gasteiger partial charge on any atom is -0.496 e. The van der Waals surface area contributed by atoms with E-state index in [0.717, 1.165) is 11.1 Å². The van der Waals surface area contributed by atoms with Crippen LogP contribution in [0.25, 0.3) is 0 Å². The summed E-state index contributed by atoms with van der Waals surface area (Å²) < 4.78 is 5.06. The number of benzene rings is 2. The Bertz CT molecular complexity index is 710. The molecule has 0 aliphatic heterocycles. The molecule has 0 atom stereocenters. The van der Waals surface area contributed by atoms with E-state index in [1.807, 2.05) is 25.1 Å². The Labute approximate surface area is 128 Å². The van der Waals surface area contributed by atoms with Gasteiger partial charge in [-0.05, 0) is 36.8 Å². The number of amides is 1. The monoisotopic (exact) mass is 299 g/mol. The maximum Gasteiger partial charge on any atom is 0.339 e. The average Bonchev–Trinajstić information content (AvgIpc) is 2.52. The molecule has 0 saturated carbocycles. The first kappa shape index (κ1) is 15.6. The molecule has 0 radical (unpaired) electrons. The van der Waals surface area contributed by atoms with Gasteiger partial charge < -0.3 is 15.2 Å². The third-order valence-corrected chi connectivity index (χ3v) is 3.23. The average molecular weight is 299 g/mol. The van der Waals surface area contributed by atoms with Crippen molar-refractivity contribution in [1.29, 1.82) is 0 Å². The zero-order valence-corrected chi connectivity index (χ0v) is 12.4. The van der Waals surface area contributed by atoms with E-state index in [1.165, 1.54) is 13.2 Å². The topological polar surface area (TPSA) is 75.6 Å². The summed E-state index contributed by atoms with van der Waals surface area (Å²) in [7, 11) is 1.41. The molecule has 0 saturated heterocycles. The van der Waals surface area contributed by atoms with Crippen LogP contribution in [-0.4, -0.2) is 24.1 Å². The van der Waals surface area contributed by atoms with Gasteiger partial charge in [-0.3, -0.25) is 4.79 Å². The van der Waals surface area contributed by atoms with Crippen LogP contribution < -0.4 is 10.1 Å². The summed E-state index contributed by atoms with van der Waals surface area (Å²) in [6, 6.07) is 12.0. The predicted molar refractivity (Wildman–Crippen MR) is 82.3 cm³/mol. The molecule has 2 N–H and O–H groups in total. The number of aryl methyl sites for hydroxylation is 1. The van der Waals surface area contributed by atoms with Crippen LogP contribution in [0.1, 0.15) is 31.8 Å². The molecule has 0 heterocycles. The Morgan fingerprint density at radius 2 is 1.95 bits per heavy atom. The van der Waals surface area contributed by atoms with Crippen LogP contribution in [0.4, 0.5) is 0 Å². The lowest BCUT2D eigenvalue weighted by Crippen LogP contribution is -2.22. The van der Waals surface area contributed by atoms with Crippen LogP contribution in [0.15, 0.2) is 42.5 Å². The fraction of sp³-hybridized carbons (Fsp3) is 0.176. The number of carbonyl (C=O) groups excluding carboxylic acids is 1. The fourth-order valence-electron chi connectivity index (χ4n) is 2.09. The number of ether oxygens (including phenoxy) is 1. The second-order valence-corrected chi connectivity index (χ2v) is 4.89. The van der Waals surface area contributed by atoms with Gasteiger partial charge in [0.2, 0.25) is 0 Å². The molecule has 0 fully saturated rings. The standard InChI is InChI=1S/C17H17NO4/c1-11-4-3-5-13(8-11)16(19)18-10-12-6-7-14(17(20)21)15(9-12)22-2/h3-9H,10H2,1-2H3,(H,18,19)(H,20,21). The molecule has 0 aromatic heterocycles. The second kappa shape index (κ2) is 6.76. The van der Waals surface area contributed by atoms with Gasteiger partial charge in [0, 0.05) is 12.1 Å². The molecule has 0 unspecified atom stereocenters. The molecule has 0 spiro atoms. The largest absolute Gasteiger partial charge is 0.496 e. The number of carboxylic acid groups (broad SMARTS) is 1. The number of carbonyl (C=O) groups is 2. The smallest absolute Gasteiger partial charge is 0.339 e. The minimum absolute atomic E-state index is 0.0938. The molecular weight excluding hydrogens is 282 g/mol. The third-order valence-electron chi connectivity index (χ3n) is 3.23. The summed E-state index contributed by atoms with van der Waals surface area (Å²) in [4.78, 5) is 23.1. The van der Waals surface area contributed by atoms with Gasteiger partial charge in [0.05, 0.1) is 7.11 Å². The molecule has 2 aromatic rings. The van der Waals surface area contributed by atoms with E-state index in [1.54, 1.807) is 18.2 Å². The van der Waals surface area contributed by atoms with Gasteiger partial charge in [0.1, 0.15) is 11.3 Å². The lowest BCUT2D eigenvalue weighted by atomic mass is 10.1. The van der Waals surface area contributed by atoms with Crippen LogP contribution in [0, 0.1) is 6.92 Å². The molecule has 5 nitrogen and oxygen atoms in total. The van der Waals surface area contributed by atoms with Crippen LogP contribution in [0.2, 0.25) is 0 Å². The van der Waals surface area contributed by atoms with Gasteiger partial charge in [0.15, 0.2) is 0 Å². The van der Waals surface area contributed by atoms with Gasteiger partial charge in [-0.25, -0.2) is 4.79 Å². The molecule has 1 amide bonds. The Hall–Kier alpha value is -2.82. The van der Waals surface area contributed by atoms with Crippen LogP contribution in [-0.2, 0) is 6.54 Å². The lowest BCUT2D eigenvalue weighted by Gasteiger charge is -2.09. The highest BCUT2D eigenvalue weighted by Gasteiger charge is 2.12. The molecule has 22 heavy (non-hydrogen) atoms. The van der Waals surface area contributed by atoms with E-state index < -0.39 is 5.97 Å². The zero-order chi connectivity index (χ0) is 16.1. The number of aromatic carboxylic acids is 1. The Morgan fingerprint density at radius 1 is 1.18 bits per heavy atom. The maximum absolute atomic E-state index is 12.1. The van der Waals surface area contributed by atoms with E-state index in [2.05, 4.69) is 5.32 Å². The van der Waals surface area contributed by atoms with Crippen molar-refractivity contribution in [2.45, 2.75) is 13.5 Å². The van der Waals surface area contributed by atoms with Gasteiger partial charge in [-0.15, -0.1) is 0 Å². The first-order valence-electron chi connectivity index (χ1n) is 6.76. The van der Waals surface area contributed by atoms with Crippen molar-refractivity contribution in [3.8, 4) is 5.75 Å². The predicted octanol–water partition coefficient (Wildman–Crippen LogP) is 2.63. The van der Waals surface area contributed by atoms with E-state index in [0.29, 0.717) is 12.1 Å². The van der Waals surface area contributed by atoms with E-state index in [-0.39, 0.29) is 17.2 Å². The van der Waals surface area contributed by atoms with E-state index in [4.69, 9.17) is 9.84 Å². The minimum atomic E-state index is -1.05. The zero-order valence-electron chi connectivity index (χ0n) is 12.4. The number of rotatable bonds is 5. The third kappa shape index (κ3) is 3.63. The van der Waals surface area contributed by atoms with Gasteiger partial charge >= 0.3 is 5.97 Å². The van der Waals surface area contributed by atoms with Crippen molar-refractivity contribution in [2.24, 2.45) is 0 Å². The number of nitrogens with one attached hydrogen (secondary N) is 1. The van der Waals surface area contributed by atoms with E-state index in [9.17, 15) is 9.59 Å². The molecule has 0 aliphatic carbocycles. The van der Waals surface area contributed by atoms with Crippen molar-refractivity contribution < 1.29 is 19.4 Å². The summed E-state index contributed by atoms with van der Waals surface area (Å²) in [6.45, 7) is 2.22. The summed E-state index contributed by atoms with van der Waals surface area (Å²) in [6.07, 6.45) is 0. The number of carboxylic acids is 1. The maximum atomic E-state index is 12.1. The lowest BCUT2D eigenvalue weighted by molar-refractivity contribution is 0.0693. The van der Waals surface area contributed by atoms with Crippen LogP contribution in [0.5, 0.6) is 5.75 Å². The molecule has 2 rings (SSSR count). The summed E-state index contributed by atoms with van der Waals surface area (Å²) >= 11 is 0. The van der Waals surface area contributed by atoms with Crippen LogP contribution >= 0.6 is 0 Å². The van der Waals surface area contributed by atoms with Crippen molar-refractivity contribution in [2.75, 3.05) is 7.11 Å². The summed E-state index contributed by atoms with van der Waals surface area (Å²) in [5.41, 5.74) is 2.47. The molecule has 0 bridgehead atoms. The number of hydrogen-bond acceptors (Lipinski definition) is 3. The Balaban J connectivity index is 2.08. The highest BCUT2D eigenvalue weighted by molar-refractivity contribution is 5.94. The number of hydrogen-bond donors (Lipinski definition) is 2. The van der Waals surface area contributed by atoms with Gasteiger partial charge in [-0.1, -0.05) is 23.8 Å². The van der Waals surface area contributed by atoms with Crippen molar-refractivity contribution in [1.82, 2.24) is 5.32 Å².